The lowest BCUT2D eigenvalue weighted by molar-refractivity contribution is -0.155. The maximum absolute atomic E-state index is 11.5. The minimum absolute atomic E-state index is 0.144. The molecule has 8 heteroatoms. The van der Waals surface area contributed by atoms with Gasteiger partial charge in [-0.3, -0.25) is 4.79 Å². The number of rotatable bonds is 6. The molecule has 0 fully saturated rings. The predicted octanol–water partition coefficient (Wildman–Crippen LogP) is -1.40. The van der Waals surface area contributed by atoms with Crippen LogP contribution in [0.2, 0.25) is 0 Å². The van der Waals surface area contributed by atoms with Crippen LogP contribution in [0.25, 0.3) is 0 Å². The first-order valence-electron chi connectivity index (χ1n) is 5.42. The first-order valence-corrected chi connectivity index (χ1v) is 5.42. The molecule has 0 saturated carbocycles. The van der Waals surface area contributed by atoms with Gasteiger partial charge in [0, 0.05) is 13.6 Å². The van der Waals surface area contributed by atoms with E-state index in [1.165, 1.54) is 7.05 Å². The molecule has 4 N–H and O–H groups in total. The van der Waals surface area contributed by atoms with Gasteiger partial charge in [0.05, 0.1) is 6.54 Å². The van der Waals surface area contributed by atoms with Crippen molar-refractivity contribution in [3.63, 3.8) is 0 Å². The second-order valence-electron chi connectivity index (χ2n) is 4.05. The van der Waals surface area contributed by atoms with Gasteiger partial charge in [0.25, 0.3) is 0 Å². The fourth-order valence-corrected chi connectivity index (χ4v) is 0.999. The standard InChI is InChI=1S/C10H19N3O5/c1-4-11-7(14)5-13(3)9(17)12-6-10(2,18)8(15)16/h18H,4-6H2,1-3H3,(H,11,14)(H,12,17)(H,15,16). The van der Waals surface area contributed by atoms with Gasteiger partial charge < -0.3 is 25.7 Å². The van der Waals surface area contributed by atoms with E-state index in [1.54, 1.807) is 6.92 Å². The summed E-state index contributed by atoms with van der Waals surface area (Å²) in [6.45, 7) is 2.69. The minimum atomic E-state index is -2.04. The van der Waals surface area contributed by atoms with Gasteiger partial charge in [0.15, 0.2) is 5.60 Å². The highest BCUT2D eigenvalue weighted by molar-refractivity contribution is 5.84. The molecular weight excluding hydrogens is 242 g/mol. The molecule has 0 spiro atoms. The summed E-state index contributed by atoms with van der Waals surface area (Å²) in [4.78, 5) is 34.3. The van der Waals surface area contributed by atoms with Crippen LogP contribution in [0.15, 0.2) is 0 Å². The van der Waals surface area contributed by atoms with Crippen LogP contribution in [0.3, 0.4) is 0 Å². The second-order valence-corrected chi connectivity index (χ2v) is 4.05. The number of urea groups is 1. The van der Waals surface area contributed by atoms with Crippen LogP contribution in [0.5, 0.6) is 0 Å². The Kier molecular flexibility index (Phi) is 6.11. The molecule has 8 nitrogen and oxygen atoms in total. The summed E-state index contributed by atoms with van der Waals surface area (Å²) in [6, 6.07) is -0.636. The van der Waals surface area contributed by atoms with Crippen molar-refractivity contribution in [1.82, 2.24) is 15.5 Å². The highest BCUT2D eigenvalue weighted by atomic mass is 16.4. The van der Waals surface area contributed by atoms with Crippen LogP contribution < -0.4 is 10.6 Å². The summed E-state index contributed by atoms with van der Waals surface area (Å²) >= 11 is 0. The zero-order valence-corrected chi connectivity index (χ0v) is 10.7. The smallest absolute Gasteiger partial charge is 0.337 e. The number of carboxylic acids is 1. The molecule has 0 aliphatic rings. The molecule has 0 aromatic carbocycles. The summed E-state index contributed by atoms with van der Waals surface area (Å²) < 4.78 is 0. The molecule has 0 aromatic rings. The summed E-state index contributed by atoms with van der Waals surface area (Å²) in [5.41, 5.74) is -2.04. The van der Waals surface area contributed by atoms with Gasteiger partial charge in [0.1, 0.15) is 6.54 Å². The first-order chi connectivity index (χ1) is 8.20. The Morgan fingerprint density at radius 1 is 1.28 bits per heavy atom. The lowest BCUT2D eigenvalue weighted by Gasteiger charge is -2.22. The monoisotopic (exact) mass is 261 g/mol. The summed E-state index contributed by atoms with van der Waals surface area (Å²) in [5, 5.41) is 22.8. The van der Waals surface area contributed by atoms with Crippen molar-refractivity contribution >= 4 is 17.9 Å². The third kappa shape index (κ3) is 5.48. The number of carbonyl (C=O) groups is 3. The van der Waals surface area contributed by atoms with Gasteiger partial charge in [-0.25, -0.2) is 9.59 Å². The van der Waals surface area contributed by atoms with Gasteiger partial charge in [-0.05, 0) is 13.8 Å². The van der Waals surface area contributed by atoms with E-state index in [4.69, 9.17) is 5.11 Å². The largest absolute Gasteiger partial charge is 0.479 e. The number of nitrogens with one attached hydrogen (secondary N) is 2. The van der Waals surface area contributed by atoms with Crippen LogP contribution in [0, 0.1) is 0 Å². The van der Waals surface area contributed by atoms with E-state index >= 15 is 0 Å². The third-order valence-electron chi connectivity index (χ3n) is 2.15. The Bertz CT molecular complexity index is 329. The lowest BCUT2D eigenvalue weighted by Crippen LogP contribution is -2.50. The molecule has 104 valence electrons. The van der Waals surface area contributed by atoms with E-state index in [-0.39, 0.29) is 12.5 Å². The van der Waals surface area contributed by atoms with Crippen LogP contribution in [-0.2, 0) is 9.59 Å². The van der Waals surface area contributed by atoms with Crippen LogP contribution in [-0.4, -0.2) is 65.3 Å². The van der Waals surface area contributed by atoms with Crippen molar-refractivity contribution in [2.45, 2.75) is 19.4 Å². The zero-order chi connectivity index (χ0) is 14.3. The number of aliphatic carboxylic acids is 1. The molecule has 0 aliphatic heterocycles. The van der Waals surface area contributed by atoms with Crippen LogP contribution >= 0.6 is 0 Å². The van der Waals surface area contributed by atoms with Crippen LogP contribution in [0.1, 0.15) is 13.8 Å². The van der Waals surface area contributed by atoms with Gasteiger partial charge in [-0.15, -0.1) is 0 Å². The van der Waals surface area contributed by atoms with Gasteiger partial charge in [0.2, 0.25) is 5.91 Å². The molecule has 0 heterocycles. The average molecular weight is 261 g/mol. The van der Waals surface area contributed by atoms with Crippen molar-refractivity contribution < 1.29 is 24.6 Å². The molecule has 0 aromatic heterocycles. The van der Waals surface area contributed by atoms with Crippen molar-refractivity contribution in [2.24, 2.45) is 0 Å². The molecule has 0 rings (SSSR count). The summed E-state index contributed by atoms with van der Waals surface area (Å²) in [7, 11) is 1.39. The molecular formula is C10H19N3O5. The Morgan fingerprint density at radius 2 is 1.83 bits per heavy atom. The van der Waals surface area contributed by atoms with E-state index < -0.39 is 24.1 Å². The fourth-order valence-electron chi connectivity index (χ4n) is 0.999. The minimum Gasteiger partial charge on any atom is -0.479 e. The number of amides is 3. The van der Waals surface area contributed by atoms with Crippen molar-refractivity contribution in [3.8, 4) is 0 Å². The lowest BCUT2D eigenvalue weighted by atomic mass is 10.1. The van der Waals surface area contributed by atoms with E-state index in [9.17, 15) is 19.5 Å². The number of carboxylic acid groups (broad SMARTS) is 1. The molecule has 0 radical (unpaired) electrons. The van der Waals surface area contributed by atoms with E-state index in [0.717, 1.165) is 11.8 Å². The average Bonchev–Trinajstić information content (AvgIpc) is 2.25. The van der Waals surface area contributed by atoms with Crippen molar-refractivity contribution in [3.05, 3.63) is 0 Å². The number of hydrogen-bond donors (Lipinski definition) is 4. The predicted molar refractivity (Wildman–Crippen MR) is 63.0 cm³/mol. The quantitative estimate of drug-likeness (QED) is 0.469. The van der Waals surface area contributed by atoms with Gasteiger partial charge in [-0.1, -0.05) is 0 Å². The highest BCUT2D eigenvalue weighted by Crippen LogP contribution is 2.01. The molecule has 0 bridgehead atoms. The van der Waals surface area contributed by atoms with Crippen molar-refractivity contribution in [1.29, 1.82) is 0 Å². The Labute approximate surface area is 105 Å². The zero-order valence-electron chi connectivity index (χ0n) is 10.7. The molecule has 0 saturated heterocycles. The number of aliphatic hydroxyl groups is 1. The summed E-state index contributed by atoms with van der Waals surface area (Å²) in [6.07, 6.45) is 0. The highest BCUT2D eigenvalue weighted by Gasteiger charge is 2.30. The third-order valence-corrected chi connectivity index (χ3v) is 2.15. The number of hydrogen-bond acceptors (Lipinski definition) is 4. The molecule has 18 heavy (non-hydrogen) atoms. The van der Waals surface area contributed by atoms with Crippen LogP contribution in [0.4, 0.5) is 4.79 Å². The fraction of sp³-hybridized carbons (Fsp3) is 0.700. The normalized spacial score (nSPS) is 13.3. The maximum Gasteiger partial charge on any atom is 0.337 e. The van der Waals surface area contributed by atoms with E-state index in [1.807, 2.05) is 0 Å². The Balaban J connectivity index is 4.17. The summed E-state index contributed by atoms with van der Waals surface area (Å²) in [5.74, 6) is -1.76. The number of carbonyl (C=O) groups excluding carboxylic acids is 2. The second kappa shape index (κ2) is 6.80. The van der Waals surface area contributed by atoms with Crippen molar-refractivity contribution in [2.75, 3.05) is 26.7 Å². The number of likely N-dealkylation sites (N-methyl/N-ethyl adjacent to an activating group) is 2. The SMILES string of the molecule is CCNC(=O)CN(C)C(=O)NCC(C)(O)C(=O)O. The molecule has 3 amide bonds. The Morgan fingerprint density at radius 3 is 2.28 bits per heavy atom. The molecule has 0 aliphatic carbocycles. The van der Waals surface area contributed by atoms with Gasteiger partial charge in [-0.2, -0.15) is 0 Å². The van der Waals surface area contributed by atoms with Gasteiger partial charge >= 0.3 is 12.0 Å². The molecule has 1 unspecified atom stereocenters. The molecule has 1 atom stereocenters. The number of nitrogens with zero attached hydrogens (tertiary/aromatic N) is 1. The first kappa shape index (κ1) is 16.2. The topological polar surface area (TPSA) is 119 Å². The maximum atomic E-state index is 11.5. The Hall–Kier alpha value is -1.83. The van der Waals surface area contributed by atoms with E-state index in [0.29, 0.717) is 6.54 Å². The van der Waals surface area contributed by atoms with E-state index in [2.05, 4.69) is 10.6 Å².